The molecule has 4 nitrogen and oxygen atoms in total. The Bertz CT molecular complexity index is 499. The topological polar surface area (TPSA) is 41.6 Å². The summed E-state index contributed by atoms with van der Waals surface area (Å²) < 4.78 is 5.50. The summed E-state index contributed by atoms with van der Waals surface area (Å²) >= 11 is 0. The average Bonchev–Trinajstić information content (AvgIpc) is 3.18. The number of rotatable bonds is 6. The summed E-state index contributed by atoms with van der Waals surface area (Å²) in [6.45, 7) is 6.53. The molecule has 6 fully saturated rings. The highest BCUT2D eigenvalue weighted by Gasteiger charge is 2.54. The van der Waals surface area contributed by atoms with Crippen molar-refractivity contribution in [2.75, 3.05) is 39.4 Å². The molecule has 6 rings (SSSR count). The largest absolute Gasteiger partial charge is 0.381 e. The van der Waals surface area contributed by atoms with Crippen LogP contribution in [0.15, 0.2) is 0 Å². The number of nitrogens with one attached hydrogen (secondary N) is 1. The molecule has 0 aromatic heterocycles. The maximum absolute atomic E-state index is 13.1. The van der Waals surface area contributed by atoms with Crippen LogP contribution in [0.1, 0.15) is 64.2 Å². The minimum absolute atomic E-state index is 0.0266. The summed E-state index contributed by atoms with van der Waals surface area (Å²) in [5.74, 6) is 4.48. The van der Waals surface area contributed by atoms with Crippen LogP contribution in [-0.4, -0.2) is 50.2 Å². The Morgan fingerprint density at radius 3 is 2.22 bits per heavy atom. The lowest BCUT2D eigenvalue weighted by Gasteiger charge is -2.55. The van der Waals surface area contributed by atoms with Gasteiger partial charge in [0.25, 0.3) is 0 Å². The van der Waals surface area contributed by atoms with Crippen LogP contribution in [0.5, 0.6) is 0 Å². The van der Waals surface area contributed by atoms with E-state index in [0.717, 1.165) is 43.4 Å². The van der Waals surface area contributed by atoms with E-state index in [-0.39, 0.29) is 5.41 Å². The molecule has 0 aromatic carbocycles. The third-order valence-corrected chi connectivity index (χ3v) is 8.66. The Morgan fingerprint density at radius 1 is 0.963 bits per heavy atom. The van der Waals surface area contributed by atoms with E-state index in [9.17, 15) is 4.79 Å². The summed E-state index contributed by atoms with van der Waals surface area (Å²) in [7, 11) is 0. The third kappa shape index (κ3) is 3.94. The zero-order chi connectivity index (χ0) is 18.3. The number of hydrogen-bond donors (Lipinski definition) is 1. The second-order valence-corrected chi connectivity index (χ2v) is 10.7. The van der Waals surface area contributed by atoms with E-state index in [2.05, 4.69) is 10.2 Å². The molecule has 4 saturated carbocycles. The first-order valence-corrected chi connectivity index (χ1v) is 11.8. The molecule has 4 bridgehead atoms. The molecule has 2 heterocycles. The first-order chi connectivity index (χ1) is 13.2. The van der Waals surface area contributed by atoms with Crippen LogP contribution in [0.2, 0.25) is 0 Å². The van der Waals surface area contributed by atoms with Crippen molar-refractivity contribution in [1.29, 1.82) is 0 Å². The average molecular weight is 375 g/mol. The Morgan fingerprint density at radius 2 is 1.63 bits per heavy atom. The zero-order valence-electron chi connectivity index (χ0n) is 17.0. The lowest BCUT2D eigenvalue weighted by atomic mass is 9.49. The van der Waals surface area contributed by atoms with Crippen molar-refractivity contribution in [1.82, 2.24) is 10.2 Å². The fourth-order valence-electron chi connectivity index (χ4n) is 7.40. The minimum atomic E-state index is 0.0266. The van der Waals surface area contributed by atoms with Crippen molar-refractivity contribution in [2.45, 2.75) is 64.2 Å². The molecule has 0 radical (unpaired) electrons. The van der Waals surface area contributed by atoms with Gasteiger partial charge in [-0.25, -0.2) is 0 Å². The van der Waals surface area contributed by atoms with E-state index in [1.54, 1.807) is 0 Å². The van der Waals surface area contributed by atoms with Crippen LogP contribution >= 0.6 is 0 Å². The molecule has 152 valence electrons. The van der Waals surface area contributed by atoms with E-state index in [4.69, 9.17) is 4.74 Å². The van der Waals surface area contributed by atoms with Gasteiger partial charge in [0.05, 0.1) is 0 Å². The van der Waals surface area contributed by atoms with Gasteiger partial charge in [-0.1, -0.05) is 0 Å². The van der Waals surface area contributed by atoms with Gasteiger partial charge >= 0.3 is 0 Å². The molecule has 2 saturated heterocycles. The highest BCUT2D eigenvalue weighted by Crippen LogP contribution is 2.60. The minimum Gasteiger partial charge on any atom is -0.381 e. The van der Waals surface area contributed by atoms with Gasteiger partial charge in [-0.3, -0.25) is 4.79 Å². The number of carbonyl (C=O) groups is 1. The summed E-state index contributed by atoms with van der Waals surface area (Å²) in [5.41, 5.74) is 0.0266. The maximum Gasteiger partial charge on any atom is 0.226 e. The number of ether oxygens (including phenoxy) is 1. The molecule has 2 aliphatic heterocycles. The number of likely N-dealkylation sites (tertiary alicyclic amines) is 1. The lowest BCUT2D eigenvalue weighted by Crippen LogP contribution is -2.54. The van der Waals surface area contributed by atoms with Gasteiger partial charge in [0.2, 0.25) is 5.91 Å². The highest BCUT2D eigenvalue weighted by atomic mass is 16.5. The second kappa shape index (κ2) is 7.67. The fraction of sp³-hybridized carbons (Fsp3) is 0.957. The lowest BCUT2D eigenvalue weighted by molar-refractivity contribution is -0.146. The van der Waals surface area contributed by atoms with Gasteiger partial charge in [-0.15, -0.1) is 0 Å². The van der Waals surface area contributed by atoms with Crippen molar-refractivity contribution in [3.05, 3.63) is 0 Å². The SMILES string of the molecule is O=C(NCC1CCN(CCC2CCOC2)CC1)C12CC3CC(CC(C3)C1)C2. The van der Waals surface area contributed by atoms with Crippen LogP contribution in [0, 0.1) is 35.0 Å². The molecule has 0 aromatic rings. The van der Waals surface area contributed by atoms with E-state index in [1.807, 2.05) is 0 Å². The second-order valence-electron chi connectivity index (χ2n) is 10.7. The number of amides is 1. The van der Waals surface area contributed by atoms with Crippen molar-refractivity contribution in [2.24, 2.45) is 35.0 Å². The molecule has 1 atom stereocenters. The molecule has 1 amide bonds. The van der Waals surface area contributed by atoms with Crippen LogP contribution in [0.4, 0.5) is 0 Å². The van der Waals surface area contributed by atoms with E-state index < -0.39 is 0 Å². The Hall–Kier alpha value is -0.610. The van der Waals surface area contributed by atoms with Gasteiger partial charge < -0.3 is 15.0 Å². The van der Waals surface area contributed by atoms with E-state index >= 15 is 0 Å². The Kier molecular flexibility index (Phi) is 5.23. The van der Waals surface area contributed by atoms with Crippen molar-refractivity contribution in [3.8, 4) is 0 Å². The first-order valence-electron chi connectivity index (χ1n) is 11.8. The smallest absolute Gasteiger partial charge is 0.226 e. The van der Waals surface area contributed by atoms with Crippen molar-refractivity contribution >= 4 is 5.91 Å². The number of nitrogens with zero attached hydrogens (tertiary/aromatic N) is 1. The predicted molar refractivity (Wildman–Crippen MR) is 106 cm³/mol. The van der Waals surface area contributed by atoms with Crippen LogP contribution in [0.3, 0.4) is 0 Å². The number of carbonyl (C=O) groups excluding carboxylic acids is 1. The Labute approximate surface area is 164 Å². The molecule has 27 heavy (non-hydrogen) atoms. The molecule has 1 N–H and O–H groups in total. The van der Waals surface area contributed by atoms with Crippen molar-refractivity contribution in [3.63, 3.8) is 0 Å². The molecule has 1 unspecified atom stereocenters. The first kappa shape index (κ1) is 18.4. The normalized spacial score (nSPS) is 41.9. The van der Waals surface area contributed by atoms with E-state index in [0.29, 0.717) is 11.8 Å². The molecule has 6 aliphatic rings. The van der Waals surface area contributed by atoms with Gasteiger partial charge in [0.1, 0.15) is 0 Å². The molecule has 4 heteroatoms. The highest BCUT2D eigenvalue weighted by molar-refractivity contribution is 5.83. The third-order valence-electron chi connectivity index (χ3n) is 8.66. The standard InChI is InChI=1S/C23H38N2O2/c26-22(23-12-19-9-20(13-23)11-21(10-19)14-23)24-15-17-1-5-25(6-2-17)7-3-18-4-8-27-16-18/h17-21H,1-16H2,(H,24,26). The monoisotopic (exact) mass is 374 g/mol. The number of hydrogen-bond acceptors (Lipinski definition) is 3. The Balaban J connectivity index is 1.05. The zero-order valence-corrected chi connectivity index (χ0v) is 17.0. The number of piperidine rings is 1. The summed E-state index contributed by atoms with van der Waals surface area (Å²) in [6, 6.07) is 0. The van der Waals surface area contributed by atoms with Gasteiger partial charge in [0, 0.05) is 25.2 Å². The van der Waals surface area contributed by atoms with Crippen molar-refractivity contribution < 1.29 is 9.53 Å². The molecular formula is C23H38N2O2. The van der Waals surface area contributed by atoms with Crippen LogP contribution in [-0.2, 0) is 9.53 Å². The van der Waals surface area contributed by atoms with Gasteiger partial charge in [-0.05, 0) is 113 Å². The molecule has 4 aliphatic carbocycles. The summed E-state index contributed by atoms with van der Waals surface area (Å²) in [6.07, 6.45) is 12.9. The molecule has 0 spiro atoms. The fourth-order valence-corrected chi connectivity index (χ4v) is 7.40. The summed E-state index contributed by atoms with van der Waals surface area (Å²) in [4.78, 5) is 15.8. The maximum atomic E-state index is 13.1. The van der Waals surface area contributed by atoms with Crippen LogP contribution < -0.4 is 5.32 Å². The quantitative estimate of drug-likeness (QED) is 0.774. The predicted octanol–water partition coefficient (Wildman–Crippen LogP) is 3.46. The van der Waals surface area contributed by atoms with Gasteiger partial charge in [0.15, 0.2) is 0 Å². The van der Waals surface area contributed by atoms with Crippen LogP contribution in [0.25, 0.3) is 0 Å². The van der Waals surface area contributed by atoms with E-state index in [1.165, 1.54) is 83.8 Å². The summed E-state index contributed by atoms with van der Waals surface area (Å²) in [5, 5.41) is 3.43. The molecular weight excluding hydrogens is 336 g/mol. The van der Waals surface area contributed by atoms with Gasteiger partial charge in [-0.2, -0.15) is 0 Å².